The first-order valence-electron chi connectivity index (χ1n) is 9.32. The Kier molecular flexibility index (Phi) is 6.84. The van der Waals surface area contributed by atoms with E-state index in [1.54, 1.807) is 6.07 Å². The van der Waals surface area contributed by atoms with E-state index in [9.17, 15) is 13.6 Å². The second-order valence-electron chi connectivity index (χ2n) is 7.19. The van der Waals surface area contributed by atoms with Crippen molar-refractivity contribution in [2.24, 2.45) is 5.92 Å². The van der Waals surface area contributed by atoms with Gasteiger partial charge in [0.25, 0.3) is 6.43 Å². The van der Waals surface area contributed by atoms with E-state index in [0.717, 1.165) is 49.9 Å². The first kappa shape index (κ1) is 19.5. The van der Waals surface area contributed by atoms with Crippen molar-refractivity contribution in [3.63, 3.8) is 0 Å². The number of hydrogen-bond donors (Lipinski definition) is 2. The Balaban J connectivity index is 1.67. The van der Waals surface area contributed by atoms with Crippen LogP contribution < -0.4 is 10.6 Å². The predicted molar refractivity (Wildman–Crippen MR) is 98.3 cm³/mol. The summed E-state index contributed by atoms with van der Waals surface area (Å²) in [4.78, 5) is 14.9. The maximum absolute atomic E-state index is 13.0. The van der Waals surface area contributed by atoms with Crippen LogP contribution in [0.3, 0.4) is 0 Å². The minimum Gasteiger partial charge on any atom is -0.335 e. The van der Waals surface area contributed by atoms with Crippen molar-refractivity contribution in [3.05, 3.63) is 34.3 Å². The lowest BCUT2D eigenvalue weighted by molar-refractivity contribution is -0.137. The summed E-state index contributed by atoms with van der Waals surface area (Å²) in [6.45, 7) is 2.24. The van der Waals surface area contributed by atoms with Crippen LogP contribution in [-0.2, 0) is 17.9 Å². The van der Waals surface area contributed by atoms with Crippen molar-refractivity contribution < 1.29 is 13.6 Å². The van der Waals surface area contributed by atoms with Gasteiger partial charge in [0.15, 0.2) is 0 Å². The van der Waals surface area contributed by atoms with E-state index < -0.39 is 6.43 Å². The van der Waals surface area contributed by atoms with Gasteiger partial charge in [-0.05, 0) is 49.4 Å². The van der Waals surface area contributed by atoms with Crippen LogP contribution in [0.2, 0.25) is 5.02 Å². The Morgan fingerprint density at radius 2 is 2.15 bits per heavy atom. The van der Waals surface area contributed by atoms with E-state index in [2.05, 4.69) is 10.6 Å². The number of carbonyl (C=O) groups excluding carboxylic acids is 1. The third-order valence-electron chi connectivity index (χ3n) is 5.00. The van der Waals surface area contributed by atoms with Crippen molar-refractivity contribution in [1.82, 2.24) is 15.5 Å². The zero-order valence-electron chi connectivity index (χ0n) is 14.8. The van der Waals surface area contributed by atoms with Gasteiger partial charge in [-0.15, -0.1) is 0 Å². The second kappa shape index (κ2) is 9.11. The number of carbonyl (C=O) groups is 1. The zero-order chi connectivity index (χ0) is 18.5. The van der Waals surface area contributed by atoms with E-state index in [-0.39, 0.29) is 18.4 Å². The third-order valence-corrected chi connectivity index (χ3v) is 5.36. The summed E-state index contributed by atoms with van der Waals surface area (Å²) >= 11 is 6.35. The number of piperidine rings is 1. The van der Waals surface area contributed by atoms with Crippen LogP contribution in [0.25, 0.3) is 0 Å². The smallest absolute Gasteiger partial charge is 0.250 e. The lowest BCUT2D eigenvalue weighted by Gasteiger charge is -2.30. The molecule has 0 spiro atoms. The number of nitrogens with one attached hydrogen (secondary N) is 2. The Hall–Kier alpha value is -1.24. The predicted octanol–water partition coefficient (Wildman–Crippen LogP) is 3.19. The summed E-state index contributed by atoms with van der Waals surface area (Å²) in [6, 6.07) is 5.84. The van der Waals surface area contributed by atoms with Crippen LogP contribution in [0.15, 0.2) is 18.2 Å². The summed E-state index contributed by atoms with van der Waals surface area (Å²) in [5.74, 6) is 0.246. The average molecular weight is 386 g/mol. The zero-order valence-corrected chi connectivity index (χ0v) is 15.6. The van der Waals surface area contributed by atoms with Crippen LogP contribution in [0.5, 0.6) is 0 Å². The summed E-state index contributed by atoms with van der Waals surface area (Å²) in [5.41, 5.74) is 1.78. The molecule has 0 aromatic heterocycles. The quantitative estimate of drug-likeness (QED) is 0.722. The molecule has 1 heterocycles. The largest absolute Gasteiger partial charge is 0.335 e. The molecule has 1 saturated heterocycles. The normalized spacial score (nSPS) is 20.4. The average Bonchev–Trinajstić information content (AvgIpc) is 3.47. The van der Waals surface area contributed by atoms with Gasteiger partial charge in [-0.25, -0.2) is 8.78 Å². The molecule has 1 aromatic carbocycles. The Labute approximate surface area is 158 Å². The van der Waals surface area contributed by atoms with Crippen molar-refractivity contribution in [1.29, 1.82) is 0 Å². The van der Waals surface area contributed by atoms with Crippen LogP contribution in [0.1, 0.15) is 36.8 Å². The van der Waals surface area contributed by atoms with E-state index in [0.29, 0.717) is 24.2 Å². The van der Waals surface area contributed by atoms with Crippen molar-refractivity contribution >= 4 is 17.5 Å². The van der Waals surface area contributed by atoms with Gasteiger partial charge < -0.3 is 15.5 Å². The van der Waals surface area contributed by atoms with Gasteiger partial charge in [-0.1, -0.05) is 23.7 Å². The summed E-state index contributed by atoms with van der Waals surface area (Å²) in [5, 5.41) is 6.65. The van der Waals surface area contributed by atoms with E-state index in [4.69, 9.17) is 11.6 Å². The molecule has 0 radical (unpaired) electrons. The molecule has 1 saturated carbocycles. The number of hydrogen-bond acceptors (Lipinski definition) is 3. The van der Waals surface area contributed by atoms with Gasteiger partial charge in [-0.2, -0.15) is 0 Å². The highest BCUT2D eigenvalue weighted by Crippen LogP contribution is 2.32. The first-order valence-corrected chi connectivity index (χ1v) is 9.69. The molecule has 1 aliphatic carbocycles. The summed E-state index contributed by atoms with van der Waals surface area (Å²) in [7, 11) is 0. The topological polar surface area (TPSA) is 44.4 Å². The fraction of sp³-hybridized carbons (Fsp3) is 0.632. The molecule has 0 bridgehead atoms. The molecule has 4 nitrogen and oxygen atoms in total. The molecule has 1 atom stereocenters. The maximum atomic E-state index is 13.0. The van der Waals surface area contributed by atoms with Gasteiger partial charge in [0.05, 0.1) is 12.5 Å². The molecule has 1 aromatic rings. The van der Waals surface area contributed by atoms with Crippen LogP contribution in [0, 0.1) is 5.92 Å². The molecule has 2 fully saturated rings. The van der Waals surface area contributed by atoms with Crippen molar-refractivity contribution in [2.75, 3.05) is 19.6 Å². The van der Waals surface area contributed by atoms with E-state index in [1.165, 1.54) is 0 Å². The van der Waals surface area contributed by atoms with Crippen LogP contribution in [-0.4, -0.2) is 42.9 Å². The maximum Gasteiger partial charge on any atom is 0.250 e. The second-order valence-corrected chi connectivity index (χ2v) is 7.60. The SMILES string of the molecule is O=C(C1CCCNC1)N(Cc1cc(CNCC(F)F)ccc1Cl)C1CC1. The van der Waals surface area contributed by atoms with E-state index in [1.807, 2.05) is 17.0 Å². The van der Waals surface area contributed by atoms with Gasteiger partial charge in [0.1, 0.15) is 0 Å². The highest BCUT2D eigenvalue weighted by atomic mass is 35.5. The molecule has 26 heavy (non-hydrogen) atoms. The Morgan fingerprint density at radius 1 is 1.35 bits per heavy atom. The molecule has 2 aliphatic rings. The molecule has 3 rings (SSSR count). The molecular weight excluding hydrogens is 360 g/mol. The minimum absolute atomic E-state index is 0.0408. The first-order chi connectivity index (χ1) is 12.5. The lowest BCUT2D eigenvalue weighted by atomic mass is 9.97. The Morgan fingerprint density at radius 3 is 2.81 bits per heavy atom. The summed E-state index contributed by atoms with van der Waals surface area (Å²) < 4.78 is 24.6. The molecule has 2 N–H and O–H groups in total. The number of nitrogens with zero attached hydrogens (tertiary/aromatic N) is 1. The molecular formula is C19H26ClF2N3O. The fourth-order valence-electron chi connectivity index (χ4n) is 3.44. The highest BCUT2D eigenvalue weighted by Gasteiger charge is 2.36. The highest BCUT2D eigenvalue weighted by molar-refractivity contribution is 6.31. The molecule has 1 amide bonds. The number of rotatable bonds is 8. The van der Waals surface area contributed by atoms with Crippen LogP contribution in [0.4, 0.5) is 8.78 Å². The van der Waals surface area contributed by atoms with Gasteiger partial charge >= 0.3 is 0 Å². The molecule has 144 valence electrons. The minimum atomic E-state index is -2.37. The fourth-order valence-corrected chi connectivity index (χ4v) is 3.62. The molecule has 1 aliphatic heterocycles. The number of amides is 1. The summed E-state index contributed by atoms with van der Waals surface area (Å²) in [6.07, 6.45) is 1.67. The monoisotopic (exact) mass is 385 g/mol. The van der Waals surface area contributed by atoms with Crippen molar-refractivity contribution in [3.8, 4) is 0 Å². The number of alkyl halides is 2. The van der Waals surface area contributed by atoms with E-state index >= 15 is 0 Å². The van der Waals surface area contributed by atoms with Gasteiger partial charge in [0.2, 0.25) is 5.91 Å². The third kappa shape index (κ3) is 5.38. The van der Waals surface area contributed by atoms with Crippen molar-refractivity contribution in [2.45, 2.75) is 51.2 Å². The van der Waals surface area contributed by atoms with Gasteiger partial charge in [0, 0.05) is 30.7 Å². The van der Waals surface area contributed by atoms with Crippen LogP contribution >= 0.6 is 11.6 Å². The molecule has 7 heteroatoms. The standard InChI is InChI=1S/C19H26ClF2N3O/c20-17-6-3-13(9-24-11-18(21)22)8-15(17)12-25(16-4-5-16)19(26)14-2-1-7-23-10-14/h3,6,8,14,16,18,23-24H,1-2,4-5,7,9-12H2. The Bertz CT molecular complexity index is 619. The lowest BCUT2D eigenvalue weighted by Crippen LogP contribution is -2.43. The number of halogens is 3. The van der Waals surface area contributed by atoms with Gasteiger partial charge in [-0.3, -0.25) is 4.79 Å². The molecule has 1 unspecified atom stereocenters. The number of benzene rings is 1.